The first-order valence-corrected chi connectivity index (χ1v) is 9.43. The smallest absolute Gasteiger partial charge is 0.255 e. The third kappa shape index (κ3) is 3.97. The molecule has 1 saturated carbocycles. The zero-order chi connectivity index (χ0) is 17.8. The van der Waals surface area contributed by atoms with Crippen LogP contribution in [0.5, 0.6) is 0 Å². The van der Waals surface area contributed by atoms with E-state index in [1.807, 2.05) is 18.2 Å². The number of fused-ring (bicyclic) bond motifs is 1. The van der Waals surface area contributed by atoms with Gasteiger partial charge in [0.05, 0.1) is 0 Å². The minimum absolute atomic E-state index is 0.0287. The fraction of sp³-hybridized carbons (Fsp3) is 0.318. The lowest BCUT2D eigenvalue weighted by atomic mass is 9.90. The summed E-state index contributed by atoms with van der Waals surface area (Å²) in [6.07, 6.45) is 6.42. The van der Waals surface area contributed by atoms with Crippen LogP contribution in [0.25, 0.3) is 10.8 Å². The van der Waals surface area contributed by atoms with Crippen LogP contribution in [0.1, 0.15) is 31.2 Å². The van der Waals surface area contributed by atoms with E-state index < -0.39 is 0 Å². The average molecular weight is 347 g/mol. The maximum atomic E-state index is 11.8. The molecule has 0 unspecified atom stereocenters. The summed E-state index contributed by atoms with van der Waals surface area (Å²) in [5.74, 6) is 0. The standard InChI is InChI=1S/C22H25N3O/c26-22-21-11-10-20(14-17(21)12-13-23-22)25-19-8-6-18(7-9-19)24-15-16-4-2-1-3-5-16/h1-5,10-14,18-19,24-25H,6-9,15H2,(H,23,26)/t18-,19+. The Morgan fingerprint density at radius 3 is 2.50 bits per heavy atom. The van der Waals surface area contributed by atoms with E-state index in [0.717, 1.165) is 23.0 Å². The van der Waals surface area contributed by atoms with Gasteiger partial charge >= 0.3 is 0 Å². The molecular weight excluding hydrogens is 322 g/mol. The number of aromatic amines is 1. The Hall–Kier alpha value is -2.59. The Balaban J connectivity index is 1.30. The lowest BCUT2D eigenvalue weighted by molar-refractivity contribution is 0.353. The van der Waals surface area contributed by atoms with Crippen LogP contribution in [-0.4, -0.2) is 17.1 Å². The lowest BCUT2D eigenvalue weighted by Gasteiger charge is -2.30. The highest BCUT2D eigenvalue weighted by molar-refractivity contribution is 5.84. The molecule has 1 fully saturated rings. The number of hydrogen-bond donors (Lipinski definition) is 3. The second-order valence-corrected chi connectivity index (χ2v) is 7.17. The fourth-order valence-corrected chi connectivity index (χ4v) is 3.82. The van der Waals surface area contributed by atoms with Crippen molar-refractivity contribution >= 4 is 16.5 Å². The summed E-state index contributed by atoms with van der Waals surface area (Å²) in [4.78, 5) is 14.5. The van der Waals surface area contributed by atoms with Crippen LogP contribution in [0.4, 0.5) is 5.69 Å². The highest BCUT2D eigenvalue weighted by Gasteiger charge is 2.20. The van der Waals surface area contributed by atoms with Crippen molar-refractivity contribution in [2.75, 3.05) is 5.32 Å². The molecule has 0 saturated heterocycles. The molecule has 134 valence electrons. The minimum atomic E-state index is -0.0287. The van der Waals surface area contributed by atoms with Gasteiger partial charge in [-0.05, 0) is 60.9 Å². The Kier molecular flexibility index (Phi) is 5.02. The third-order valence-electron chi connectivity index (χ3n) is 5.31. The van der Waals surface area contributed by atoms with Crippen LogP contribution in [0.15, 0.2) is 65.6 Å². The van der Waals surface area contributed by atoms with Crippen molar-refractivity contribution in [3.8, 4) is 0 Å². The van der Waals surface area contributed by atoms with Crippen molar-refractivity contribution in [3.63, 3.8) is 0 Å². The molecule has 1 aromatic heterocycles. The van der Waals surface area contributed by atoms with Crippen molar-refractivity contribution < 1.29 is 0 Å². The van der Waals surface area contributed by atoms with Gasteiger partial charge in [0.2, 0.25) is 0 Å². The quantitative estimate of drug-likeness (QED) is 0.653. The van der Waals surface area contributed by atoms with Crippen LogP contribution in [0, 0.1) is 0 Å². The summed E-state index contributed by atoms with van der Waals surface area (Å²) in [5, 5.41) is 9.06. The van der Waals surface area contributed by atoms with Gasteiger partial charge in [0.1, 0.15) is 0 Å². The normalized spacial score (nSPS) is 20.2. The SMILES string of the molecule is O=c1[nH]ccc2cc(N[C@H]3CC[C@@H](NCc4ccccc4)CC3)ccc12. The minimum Gasteiger partial charge on any atom is -0.382 e. The van der Waals surface area contributed by atoms with Crippen LogP contribution in [0.2, 0.25) is 0 Å². The fourth-order valence-electron chi connectivity index (χ4n) is 3.82. The highest BCUT2D eigenvalue weighted by atomic mass is 16.1. The summed E-state index contributed by atoms with van der Waals surface area (Å²) < 4.78 is 0. The molecule has 26 heavy (non-hydrogen) atoms. The van der Waals surface area contributed by atoms with Gasteiger partial charge in [-0.25, -0.2) is 0 Å². The van der Waals surface area contributed by atoms with Gasteiger partial charge in [-0.15, -0.1) is 0 Å². The molecule has 0 bridgehead atoms. The summed E-state index contributed by atoms with van der Waals surface area (Å²) >= 11 is 0. The average Bonchev–Trinajstić information content (AvgIpc) is 2.68. The Bertz CT molecular complexity index is 911. The molecule has 1 aliphatic carbocycles. The zero-order valence-electron chi connectivity index (χ0n) is 14.9. The molecule has 2 aromatic carbocycles. The van der Waals surface area contributed by atoms with Crippen LogP contribution in [0.3, 0.4) is 0 Å². The second-order valence-electron chi connectivity index (χ2n) is 7.17. The van der Waals surface area contributed by atoms with Gasteiger partial charge in [0, 0.05) is 35.9 Å². The number of H-pyrrole nitrogens is 1. The molecule has 1 aliphatic rings. The molecular formula is C22H25N3O. The summed E-state index contributed by atoms with van der Waals surface area (Å²) in [5.41, 5.74) is 2.42. The molecule has 3 aromatic rings. The van der Waals surface area contributed by atoms with Gasteiger partial charge in [-0.3, -0.25) is 4.79 Å². The van der Waals surface area contributed by atoms with Crippen molar-refractivity contribution in [2.45, 2.75) is 44.3 Å². The first-order chi connectivity index (χ1) is 12.8. The Labute approximate surface area is 153 Å². The number of benzene rings is 2. The van der Waals surface area contributed by atoms with E-state index >= 15 is 0 Å². The molecule has 3 N–H and O–H groups in total. The van der Waals surface area contributed by atoms with Gasteiger partial charge in [-0.1, -0.05) is 30.3 Å². The van der Waals surface area contributed by atoms with E-state index in [9.17, 15) is 4.79 Å². The monoisotopic (exact) mass is 347 g/mol. The largest absolute Gasteiger partial charge is 0.382 e. The Morgan fingerprint density at radius 2 is 1.69 bits per heavy atom. The zero-order valence-corrected chi connectivity index (χ0v) is 14.9. The summed E-state index contributed by atoms with van der Waals surface area (Å²) in [6.45, 7) is 0.947. The van der Waals surface area contributed by atoms with Crippen molar-refractivity contribution in [2.24, 2.45) is 0 Å². The predicted octanol–water partition coefficient (Wildman–Crippen LogP) is 4.04. The molecule has 0 amide bonds. The summed E-state index contributed by atoms with van der Waals surface area (Å²) in [6, 6.07) is 19.6. The molecule has 4 rings (SSSR count). The molecule has 4 heteroatoms. The van der Waals surface area contributed by atoms with E-state index in [2.05, 4.69) is 52.0 Å². The van der Waals surface area contributed by atoms with E-state index in [1.54, 1.807) is 6.20 Å². The molecule has 0 atom stereocenters. The number of nitrogens with one attached hydrogen (secondary N) is 3. The van der Waals surface area contributed by atoms with Gasteiger partial charge in [0.15, 0.2) is 0 Å². The van der Waals surface area contributed by atoms with Gasteiger partial charge < -0.3 is 15.6 Å². The molecule has 0 aliphatic heterocycles. The van der Waals surface area contributed by atoms with Crippen molar-refractivity contribution in [1.29, 1.82) is 0 Å². The predicted molar refractivity (Wildman–Crippen MR) is 108 cm³/mol. The summed E-state index contributed by atoms with van der Waals surface area (Å²) in [7, 11) is 0. The number of pyridine rings is 1. The number of rotatable bonds is 5. The first kappa shape index (κ1) is 16.9. The number of aromatic nitrogens is 1. The Morgan fingerprint density at radius 1 is 0.923 bits per heavy atom. The van der Waals surface area contributed by atoms with E-state index in [1.165, 1.54) is 31.2 Å². The third-order valence-corrected chi connectivity index (χ3v) is 5.31. The van der Waals surface area contributed by atoms with Crippen molar-refractivity contribution in [1.82, 2.24) is 10.3 Å². The first-order valence-electron chi connectivity index (χ1n) is 9.43. The number of hydrogen-bond acceptors (Lipinski definition) is 3. The maximum absolute atomic E-state index is 11.8. The van der Waals surface area contributed by atoms with Crippen LogP contribution in [-0.2, 0) is 6.54 Å². The topological polar surface area (TPSA) is 56.9 Å². The van der Waals surface area contributed by atoms with Crippen LogP contribution < -0.4 is 16.2 Å². The number of anilines is 1. The second kappa shape index (κ2) is 7.75. The molecule has 4 nitrogen and oxygen atoms in total. The van der Waals surface area contributed by atoms with E-state index in [0.29, 0.717) is 12.1 Å². The molecule has 1 heterocycles. The van der Waals surface area contributed by atoms with Gasteiger partial charge in [0.25, 0.3) is 5.56 Å². The maximum Gasteiger partial charge on any atom is 0.255 e. The van der Waals surface area contributed by atoms with Gasteiger partial charge in [-0.2, -0.15) is 0 Å². The van der Waals surface area contributed by atoms with E-state index in [-0.39, 0.29) is 5.56 Å². The lowest BCUT2D eigenvalue weighted by Crippen LogP contribution is -2.36. The van der Waals surface area contributed by atoms with Crippen LogP contribution >= 0.6 is 0 Å². The molecule has 0 spiro atoms. The van der Waals surface area contributed by atoms with Crippen molar-refractivity contribution in [3.05, 3.63) is 76.7 Å². The molecule has 0 radical (unpaired) electrons. The highest BCUT2D eigenvalue weighted by Crippen LogP contribution is 2.24. The van der Waals surface area contributed by atoms with E-state index in [4.69, 9.17) is 0 Å².